The van der Waals surface area contributed by atoms with Gasteiger partial charge in [0.25, 0.3) is 0 Å². The lowest BCUT2D eigenvalue weighted by Gasteiger charge is -2.06. The van der Waals surface area contributed by atoms with Gasteiger partial charge in [0.1, 0.15) is 11.4 Å². The molecule has 0 unspecified atom stereocenters. The average Bonchev–Trinajstić information content (AvgIpc) is 2.54. The molecule has 0 saturated carbocycles. The van der Waals surface area contributed by atoms with Gasteiger partial charge in [-0.15, -0.1) is 0 Å². The van der Waals surface area contributed by atoms with Crippen molar-refractivity contribution in [3.63, 3.8) is 0 Å². The van der Waals surface area contributed by atoms with Crippen LogP contribution in [0.15, 0.2) is 41.7 Å². The standard InChI is InChI=1S/C16H17N3O3S/c1-3-22-16(21)12-4-6-13(7-5-12)19-14(20)9-23-15-8-11(2)17-10-18-15/h4-8,10H,3,9H2,1-2H3,(H,19,20). The minimum Gasteiger partial charge on any atom is -0.462 e. The molecule has 6 nitrogen and oxygen atoms in total. The monoisotopic (exact) mass is 331 g/mol. The highest BCUT2D eigenvalue weighted by atomic mass is 32.2. The Morgan fingerprint density at radius 3 is 2.61 bits per heavy atom. The molecule has 1 aromatic carbocycles. The molecule has 2 aromatic rings. The van der Waals surface area contributed by atoms with Crippen LogP contribution in [-0.4, -0.2) is 34.2 Å². The van der Waals surface area contributed by atoms with Crippen molar-refractivity contribution in [3.8, 4) is 0 Å². The molecule has 120 valence electrons. The second-order valence-corrected chi connectivity index (χ2v) is 5.63. The van der Waals surface area contributed by atoms with Gasteiger partial charge >= 0.3 is 5.97 Å². The first-order chi connectivity index (χ1) is 11.1. The number of carbonyl (C=O) groups excluding carboxylic acids is 2. The van der Waals surface area contributed by atoms with E-state index >= 15 is 0 Å². The first-order valence-electron chi connectivity index (χ1n) is 7.07. The van der Waals surface area contributed by atoms with Gasteiger partial charge in [0.15, 0.2) is 0 Å². The number of thioether (sulfide) groups is 1. The maximum Gasteiger partial charge on any atom is 0.338 e. The number of aromatic nitrogens is 2. The number of anilines is 1. The summed E-state index contributed by atoms with van der Waals surface area (Å²) in [4.78, 5) is 31.6. The zero-order valence-corrected chi connectivity index (χ0v) is 13.7. The van der Waals surface area contributed by atoms with Gasteiger partial charge in [-0.05, 0) is 44.2 Å². The summed E-state index contributed by atoms with van der Waals surface area (Å²) in [6, 6.07) is 8.41. The van der Waals surface area contributed by atoms with E-state index in [0.717, 1.165) is 10.7 Å². The fraction of sp³-hybridized carbons (Fsp3) is 0.250. The number of esters is 1. The summed E-state index contributed by atoms with van der Waals surface area (Å²) in [5.74, 6) is -0.272. The number of carbonyl (C=O) groups is 2. The van der Waals surface area contributed by atoms with Crippen molar-refractivity contribution in [2.45, 2.75) is 18.9 Å². The summed E-state index contributed by atoms with van der Waals surface area (Å²) >= 11 is 1.34. The number of aryl methyl sites for hydroxylation is 1. The zero-order chi connectivity index (χ0) is 16.7. The Kier molecular flexibility index (Phi) is 6.10. The number of nitrogens with zero attached hydrogens (tertiary/aromatic N) is 2. The van der Waals surface area contributed by atoms with Crippen molar-refractivity contribution in [1.82, 2.24) is 9.97 Å². The number of hydrogen-bond donors (Lipinski definition) is 1. The van der Waals surface area contributed by atoms with E-state index in [2.05, 4.69) is 15.3 Å². The second-order valence-electron chi connectivity index (χ2n) is 4.63. The van der Waals surface area contributed by atoms with Crippen LogP contribution in [0.4, 0.5) is 5.69 Å². The van der Waals surface area contributed by atoms with Crippen molar-refractivity contribution in [2.24, 2.45) is 0 Å². The number of hydrogen-bond acceptors (Lipinski definition) is 6. The third kappa shape index (κ3) is 5.37. The maximum absolute atomic E-state index is 11.9. The first kappa shape index (κ1) is 17.0. The van der Waals surface area contributed by atoms with Crippen LogP contribution in [0.1, 0.15) is 23.0 Å². The summed E-state index contributed by atoms with van der Waals surface area (Å²) in [5.41, 5.74) is 1.94. The normalized spacial score (nSPS) is 10.2. The van der Waals surface area contributed by atoms with Crippen molar-refractivity contribution in [1.29, 1.82) is 0 Å². The average molecular weight is 331 g/mol. The highest BCUT2D eigenvalue weighted by Crippen LogP contribution is 2.16. The third-order valence-electron chi connectivity index (χ3n) is 2.81. The molecule has 0 aliphatic carbocycles. The SMILES string of the molecule is CCOC(=O)c1ccc(NC(=O)CSc2cc(C)ncn2)cc1. The molecule has 7 heteroatoms. The van der Waals surface area contributed by atoms with E-state index in [1.54, 1.807) is 31.2 Å². The number of amides is 1. The molecule has 0 atom stereocenters. The lowest BCUT2D eigenvalue weighted by molar-refractivity contribution is -0.113. The summed E-state index contributed by atoms with van der Waals surface area (Å²) < 4.78 is 4.90. The van der Waals surface area contributed by atoms with E-state index < -0.39 is 0 Å². The Morgan fingerprint density at radius 1 is 1.22 bits per heavy atom. The quantitative estimate of drug-likeness (QED) is 0.498. The van der Waals surface area contributed by atoms with E-state index in [1.165, 1.54) is 18.1 Å². The zero-order valence-electron chi connectivity index (χ0n) is 12.9. The Morgan fingerprint density at radius 2 is 1.96 bits per heavy atom. The van der Waals surface area contributed by atoms with Gasteiger partial charge in [-0.25, -0.2) is 14.8 Å². The van der Waals surface area contributed by atoms with E-state index in [-0.39, 0.29) is 17.6 Å². The van der Waals surface area contributed by atoms with Crippen LogP contribution < -0.4 is 5.32 Å². The van der Waals surface area contributed by atoms with Crippen molar-refractivity contribution in [2.75, 3.05) is 17.7 Å². The largest absolute Gasteiger partial charge is 0.462 e. The van der Waals surface area contributed by atoms with Crippen LogP contribution in [0, 0.1) is 6.92 Å². The smallest absolute Gasteiger partial charge is 0.338 e. The summed E-state index contributed by atoms with van der Waals surface area (Å²) in [7, 11) is 0. The van der Waals surface area contributed by atoms with Crippen molar-refractivity contribution in [3.05, 3.63) is 47.9 Å². The Hall–Kier alpha value is -2.41. The Bertz CT molecular complexity index is 689. The highest BCUT2D eigenvalue weighted by Gasteiger charge is 2.08. The van der Waals surface area contributed by atoms with Crippen LogP contribution in [0.25, 0.3) is 0 Å². The molecule has 0 aliphatic heterocycles. The van der Waals surface area contributed by atoms with Crippen LogP contribution in [0.3, 0.4) is 0 Å². The molecule has 23 heavy (non-hydrogen) atoms. The van der Waals surface area contributed by atoms with Crippen molar-refractivity contribution >= 4 is 29.3 Å². The Labute approximate surface area is 138 Å². The summed E-state index contributed by atoms with van der Waals surface area (Å²) in [5, 5.41) is 3.52. The number of nitrogens with one attached hydrogen (secondary N) is 1. The van der Waals surface area contributed by atoms with Gasteiger partial charge in [-0.1, -0.05) is 11.8 Å². The van der Waals surface area contributed by atoms with E-state index in [1.807, 2.05) is 13.0 Å². The van der Waals surface area contributed by atoms with E-state index in [0.29, 0.717) is 17.9 Å². The number of ether oxygens (including phenoxy) is 1. The number of rotatable bonds is 6. The van der Waals surface area contributed by atoms with Crippen LogP contribution in [0.5, 0.6) is 0 Å². The lowest BCUT2D eigenvalue weighted by Crippen LogP contribution is -2.14. The fourth-order valence-electron chi connectivity index (χ4n) is 1.75. The molecule has 0 spiro atoms. The van der Waals surface area contributed by atoms with E-state index in [4.69, 9.17) is 4.74 Å². The molecule has 0 fully saturated rings. The van der Waals surface area contributed by atoms with Crippen LogP contribution in [0.2, 0.25) is 0 Å². The van der Waals surface area contributed by atoms with Crippen molar-refractivity contribution < 1.29 is 14.3 Å². The molecule has 0 radical (unpaired) electrons. The van der Waals surface area contributed by atoms with Crippen LogP contribution in [-0.2, 0) is 9.53 Å². The Balaban J connectivity index is 1.86. The molecule has 1 aromatic heterocycles. The topological polar surface area (TPSA) is 81.2 Å². The molecule has 1 N–H and O–H groups in total. The lowest BCUT2D eigenvalue weighted by atomic mass is 10.2. The van der Waals surface area contributed by atoms with Crippen LogP contribution >= 0.6 is 11.8 Å². The molecule has 0 bridgehead atoms. The molecule has 1 amide bonds. The molecule has 2 rings (SSSR count). The second kappa shape index (κ2) is 8.28. The van der Waals surface area contributed by atoms with E-state index in [9.17, 15) is 9.59 Å². The van der Waals surface area contributed by atoms with Gasteiger partial charge in [0.2, 0.25) is 5.91 Å². The van der Waals surface area contributed by atoms with Gasteiger partial charge in [-0.3, -0.25) is 4.79 Å². The third-order valence-corrected chi connectivity index (χ3v) is 3.74. The maximum atomic E-state index is 11.9. The minimum absolute atomic E-state index is 0.143. The summed E-state index contributed by atoms with van der Waals surface area (Å²) in [6.45, 7) is 3.96. The molecule has 1 heterocycles. The molecule has 0 aliphatic rings. The van der Waals surface area contributed by atoms with Gasteiger partial charge < -0.3 is 10.1 Å². The highest BCUT2D eigenvalue weighted by molar-refractivity contribution is 7.99. The predicted molar refractivity (Wildman–Crippen MR) is 88.5 cm³/mol. The summed E-state index contributed by atoms with van der Waals surface area (Å²) in [6.07, 6.45) is 1.48. The molecular formula is C16H17N3O3S. The fourth-order valence-corrected chi connectivity index (χ4v) is 2.48. The van der Waals surface area contributed by atoms with Gasteiger partial charge in [-0.2, -0.15) is 0 Å². The minimum atomic E-state index is -0.375. The number of benzene rings is 1. The van der Waals surface area contributed by atoms with Gasteiger partial charge in [0.05, 0.1) is 17.9 Å². The molecular weight excluding hydrogens is 314 g/mol. The predicted octanol–water partition coefficient (Wildman–Crippen LogP) is 2.69. The van der Waals surface area contributed by atoms with Gasteiger partial charge in [0, 0.05) is 11.4 Å². The first-order valence-corrected chi connectivity index (χ1v) is 8.05. The molecule has 0 saturated heterocycles.